The Hall–Kier alpha value is -1.18. The number of aryl methyl sites for hydroxylation is 1. The first-order valence-corrected chi connectivity index (χ1v) is 10.9. The Bertz CT molecular complexity index is 621. The van der Waals surface area contributed by atoms with Crippen LogP contribution < -0.4 is 0 Å². The van der Waals surface area contributed by atoms with Crippen LogP contribution in [0.5, 0.6) is 0 Å². The van der Waals surface area contributed by atoms with Gasteiger partial charge in [-0.3, -0.25) is 0 Å². The Morgan fingerprint density at radius 2 is 1.33 bits per heavy atom. The molecule has 0 amide bonds. The zero-order valence-corrected chi connectivity index (χ0v) is 18.4. The Morgan fingerprint density at radius 3 is 1.90 bits per heavy atom. The van der Waals surface area contributed by atoms with Crippen LogP contribution in [0.2, 0.25) is 0 Å². The molecular formula is C23H36F4O3. The van der Waals surface area contributed by atoms with Crippen molar-refractivity contribution >= 4 is 0 Å². The molecule has 1 aromatic rings. The summed E-state index contributed by atoms with van der Waals surface area (Å²) in [6.07, 6.45) is 10.2. The first-order valence-electron chi connectivity index (χ1n) is 10.9. The quantitative estimate of drug-likeness (QED) is 0.104. The molecule has 7 heteroatoms. The van der Waals surface area contributed by atoms with Crippen molar-refractivity contribution < 1.29 is 32.1 Å². The summed E-state index contributed by atoms with van der Waals surface area (Å²) >= 11 is 0. The van der Waals surface area contributed by atoms with E-state index in [2.05, 4.69) is 6.92 Å². The van der Waals surface area contributed by atoms with Gasteiger partial charge in [0.1, 0.15) is 0 Å². The average Bonchev–Trinajstić information content (AvgIpc) is 2.75. The van der Waals surface area contributed by atoms with Crippen LogP contribution in [-0.4, -0.2) is 25.3 Å². The lowest BCUT2D eigenvalue weighted by Gasteiger charge is -2.33. The fourth-order valence-electron chi connectivity index (χ4n) is 3.78. The molecule has 0 saturated carbocycles. The van der Waals surface area contributed by atoms with Crippen LogP contribution in [0.3, 0.4) is 0 Å². The molecule has 0 saturated heterocycles. The summed E-state index contributed by atoms with van der Waals surface area (Å²) in [7, 11) is 2.80. The third-order valence-electron chi connectivity index (χ3n) is 5.68. The summed E-state index contributed by atoms with van der Waals surface area (Å²) in [5, 5.41) is 10.6. The predicted molar refractivity (Wildman–Crippen MR) is 109 cm³/mol. The van der Waals surface area contributed by atoms with Gasteiger partial charge in [-0.1, -0.05) is 58.3 Å². The number of halogens is 4. The molecule has 0 fully saturated rings. The monoisotopic (exact) mass is 436 g/mol. The minimum atomic E-state index is -1.78. The Morgan fingerprint density at radius 1 is 0.800 bits per heavy atom. The van der Waals surface area contributed by atoms with Crippen molar-refractivity contribution in [2.45, 2.75) is 89.9 Å². The maximum Gasteiger partial charge on any atom is 0.282 e. The van der Waals surface area contributed by atoms with Gasteiger partial charge in [-0.2, -0.15) is 0 Å². The predicted octanol–water partition coefficient (Wildman–Crippen LogP) is 6.65. The second kappa shape index (κ2) is 14.0. The van der Waals surface area contributed by atoms with Crippen LogP contribution in [0.1, 0.15) is 83.1 Å². The van der Waals surface area contributed by atoms with Crippen molar-refractivity contribution in [1.82, 2.24) is 0 Å². The van der Waals surface area contributed by atoms with E-state index in [0.29, 0.717) is 31.7 Å². The Kier molecular flexibility index (Phi) is 12.5. The summed E-state index contributed by atoms with van der Waals surface area (Å²) < 4.78 is 63.7. The van der Waals surface area contributed by atoms with E-state index in [1.54, 1.807) is 0 Å². The van der Waals surface area contributed by atoms with Crippen LogP contribution >= 0.6 is 0 Å². The lowest BCUT2D eigenvalue weighted by atomic mass is 9.91. The van der Waals surface area contributed by atoms with Gasteiger partial charge in [0, 0.05) is 20.1 Å². The van der Waals surface area contributed by atoms with Gasteiger partial charge in [-0.15, -0.1) is 0 Å². The van der Waals surface area contributed by atoms with Crippen molar-refractivity contribution in [2.75, 3.05) is 14.2 Å². The Labute approximate surface area is 177 Å². The van der Waals surface area contributed by atoms with E-state index in [-0.39, 0.29) is 17.9 Å². The van der Waals surface area contributed by atoms with Gasteiger partial charge < -0.3 is 14.6 Å². The van der Waals surface area contributed by atoms with Crippen LogP contribution in [0.15, 0.2) is 6.07 Å². The average molecular weight is 437 g/mol. The van der Waals surface area contributed by atoms with Crippen LogP contribution in [0.4, 0.5) is 17.6 Å². The summed E-state index contributed by atoms with van der Waals surface area (Å²) in [6.45, 7) is 2.17. The number of methoxy groups -OCH3 is 2. The second-order valence-corrected chi connectivity index (χ2v) is 7.85. The van der Waals surface area contributed by atoms with Crippen LogP contribution in [0.25, 0.3) is 0 Å². The highest BCUT2D eigenvalue weighted by Crippen LogP contribution is 2.30. The molecule has 3 nitrogen and oxygen atoms in total. The van der Waals surface area contributed by atoms with E-state index in [9.17, 15) is 22.7 Å². The third kappa shape index (κ3) is 8.16. The van der Waals surface area contributed by atoms with Gasteiger partial charge in [0.15, 0.2) is 23.3 Å². The summed E-state index contributed by atoms with van der Waals surface area (Å²) in [5.74, 6) is -8.13. The lowest BCUT2D eigenvalue weighted by molar-refractivity contribution is -0.369. The molecule has 0 aliphatic carbocycles. The third-order valence-corrected chi connectivity index (χ3v) is 5.68. The van der Waals surface area contributed by atoms with Crippen molar-refractivity contribution in [1.29, 1.82) is 0 Å². The molecule has 0 bridgehead atoms. The van der Waals surface area contributed by atoms with Gasteiger partial charge in [0.25, 0.3) is 5.97 Å². The fraction of sp³-hybridized carbons (Fsp3) is 0.739. The highest BCUT2D eigenvalue weighted by Gasteiger charge is 2.36. The zero-order chi connectivity index (χ0) is 22.6. The number of hydrogen-bond acceptors (Lipinski definition) is 3. The minimum absolute atomic E-state index is 0.112. The number of ether oxygens (including phenoxy) is 2. The molecule has 0 aliphatic heterocycles. The molecule has 0 heterocycles. The van der Waals surface area contributed by atoms with Crippen LogP contribution in [0, 0.1) is 29.2 Å². The molecule has 1 unspecified atom stereocenters. The summed E-state index contributed by atoms with van der Waals surface area (Å²) in [4.78, 5) is 0. The fourth-order valence-corrected chi connectivity index (χ4v) is 3.78. The van der Waals surface area contributed by atoms with Crippen molar-refractivity contribution in [2.24, 2.45) is 5.92 Å². The number of hydrogen-bond donors (Lipinski definition) is 1. The first kappa shape index (κ1) is 26.9. The number of rotatable bonds is 16. The number of aliphatic hydroxyl groups is 1. The molecule has 0 radical (unpaired) electrons. The highest BCUT2D eigenvalue weighted by molar-refractivity contribution is 5.21. The second-order valence-electron chi connectivity index (χ2n) is 7.85. The molecule has 30 heavy (non-hydrogen) atoms. The van der Waals surface area contributed by atoms with Gasteiger partial charge in [0.2, 0.25) is 0 Å². The van der Waals surface area contributed by atoms with E-state index < -0.39 is 29.2 Å². The molecule has 1 atom stereocenters. The van der Waals surface area contributed by atoms with Gasteiger partial charge in [-0.25, -0.2) is 17.6 Å². The maximum atomic E-state index is 13.7. The highest BCUT2D eigenvalue weighted by atomic mass is 19.2. The summed E-state index contributed by atoms with van der Waals surface area (Å²) in [5.41, 5.74) is -0.166. The molecule has 174 valence electrons. The van der Waals surface area contributed by atoms with Crippen molar-refractivity contribution in [3.05, 3.63) is 34.9 Å². The van der Waals surface area contributed by atoms with Gasteiger partial charge in [-0.05, 0) is 37.3 Å². The van der Waals surface area contributed by atoms with E-state index in [4.69, 9.17) is 9.47 Å². The van der Waals surface area contributed by atoms with Gasteiger partial charge >= 0.3 is 0 Å². The number of unbranched alkanes of at least 4 members (excludes halogenated alkanes) is 7. The minimum Gasteiger partial charge on any atom is -0.343 e. The Balaban J connectivity index is 2.49. The molecule has 1 N–H and O–H groups in total. The van der Waals surface area contributed by atoms with Crippen LogP contribution in [-0.2, 0) is 15.9 Å². The lowest BCUT2D eigenvalue weighted by Crippen LogP contribution is -2.42. The molecule has 0 aliphatic rings. The summed E-state index contributed by atoms with van der Waals surface area (Å²) in [6, 6.07) is 0.712. The van der Waals surface area contributed by atoms with E-state index >= 15 is 0 Å². The zero-order valence-electron chi connectivity index (χ0n) is 18.4. The normalized spacial score (nSPS) is 13.1. The van der Waals surface area contributed by atoms with Crippen molar-refractivity contribution in [3.63, 3.8) is 0 Å². The van der Waals surface area contributed by atoms with Gasteiger partial charge in [0.05, 0.1) is 0 Å². The maximum absolute atomic E-state index is 13.7. The largest absolute Gasteiger partial charge is 0.343 e. The van der Waals surface area contributed by atoms with E-state index in [0.717, 1.165) is 25.7 Å². The first-order chi connectivity index (χ1) is 14.3. The molecular weight excluding hydrogens is 400 g/mol. The molecule has 0 spiro atoms. The molecule has 1 rings (SSSR count). The van der Waals surface area contributed by atoms with E-state index in [1.807, 2.05) is 0 Å². The molecule has 1 aromatic carbocycles. The SMILES string of the molecule is CCCCCCCCC(CCCCCc1cc(F)c(F)c(F)c1F)C(O)(OC)OC. The van der Waals surface area contributed by atoms with E-state index in [1.165, 1.54) is 33.5 Å². The smallest absolute Gasteiger partial charge is 0.282 e. The number of benzene rings is 1. The molecule has 0 aromatic heterocycles. The topological polar surface area (TPSA) is 38.7 Å². The van der Waals surface area contributed by atoms with Crippen molar-refractivity contribution in [3.8, 4) is 0 Å². The standard InChI is InChI=1S/C23H36F4O3/c1-4-5-6-7-8-11-14-18(23(28,29-2)30-3)15-12-9-10-13-17-16-19(24)21(26)22(27)20(17)25/h16,18,28H,4-15H2,1-3H3.